The Morgan fingerprint density at radius 1 is 1.00 bits per heavy atom. The van der Waals surface area contributed by atoms with E-state index < -0.39 is 0 Å². The molecule has 0 unspecified atom stereocenters. The van der Waals surface area contributed by atoms with Crippen LogP contribution in [-0.2, 0) is 0 Å². The lowest BCUT2D eigenvalue weighted by molar-refractivity contribution is 0.102. The van der Waals surface area contributed by atoms with Gasteiger partial charge in [-0.25, -0.2) is 4.98 Å². The van der Waals surface area contributed by atoms with Crippen LogP contribution in [0.1, 0.15) is 10.4 Å². The third-order valence-electron chi connectivity index (χ3n) is 4.17. The summed E-state index contributed by atoms with van der Waals surface area (Å²) in [5.41, 5.74) is 3.83. The molecule has 0 spiro atoms. The van der Waals surface area contributed by atoms with E-state index in [0.717, 1.165) is 22.6 Å². The van der Waals surface area contributed by atoms with Crippen molar-refractivity contribution in [2.75, 3.05) is 12.4 Å². The van der Waals surface area contributed by atoms with Crippen molar-refractivity contribution in [3.8, 4) is 17.0 Å². The highest BCUT2D eigenvalue weighted by molar-refractivity contribution is 6.06. The maximum absolute atomic E-state index is 12.6. The van der Waals surface area contributed by atoms with Gasteiger partial charge in [0.1, 0.15) is 11.4 Å². The number of hydrogen-bond acceptors (Lipinski definition) is 3. The first-order valence-corrected chi connectivity index (χ1v) is 8.23. The normalized spacial score (nSPS) is 10.7. The van der Waals surface area contributed by atoms with Gasteiger partial charge in [-0.1, -0.05) is 24.3 Å². The van der Waals surface area contributed by atoms with Gasteiger partial charge in [0.2, 0.25) is 0 Å². The summed E-state index contributed by atoms with van der Waals surface area (Å²) in [7, 11) is 1.60. The summed E-state index contributed by atoms with van der Waals surface area (Å²) in [5.74, 6) is 0.538. The van der Waals surface area contributed by atoms with Crippen LogP contribution in [0, 0.1) is 0 Å². The summed E-state index contributed by atoms with van der Waals surface area (Å²) in [6, 6.07) is 20.5. The van der Waals surface area contributed by atoms with E-state index in [1.54, 1.807) is 31.4 Å². The maximum Gasteiger partial charge on any atom is 0.255 e. The quantitative estimate of drug-likeness (QED) is 0.602. The van der Waals surface area contributed by atoms with Gasteiger partial charge in [-0.3, -0.25) is 4.79 Å². The number of fused-ring (bicyclic) bond motifs is 1. The van der Waals surface area contributed by atoms with E-state index in [0.29, 0.717) is 11.3 Å². The zero-order valence-electron chi connectivity index (χ0n) is 14.2. The molecule has 0 saturated carbocycles. The molecule has 5 heteroatoms. The highest BCUT2D eigenvalue weighted by atomic mass is 16.5. The topological polar surface area (TPSA) is 55.6 Å². The number of carbonyl (C=O) groups excluding carboxylic acids is 1. The molecule has 26 heavy (non-hydrogen) atoms. The minimum atomic E-state index is -0.177. The first-order valence-electron chi connectivity index (χ1n) is 8.23. The minimum absolute atomic E-state index is 0.177. The van der Waals surface area contributed by atoms with Gasteiger partial charge in [0.15, 0.2) is 0 Å². The molecule has 0 aliphatic heterocycles. The number of para-hydroxylation sites is 1. The molecule has 1 amide bonds. The lowest BCUT2D eigenvalue weighted by atomic mass is 10.1. The molecule has 0 radical (unpaired) electrons. The predicted molar refractivity (Wildman–Crippen MR) is 102 cm³/mol. The van der Waals surface area contributed by atoms with Crippen molar-refractivity contribution in [2.24, 2.45) is 0 Å². The van der Waals surface area contributed by atoms with Gasteiger partial charge in [-0.15, -0.1) is 0 Å². The zero-order chi connectivity index (χ0) is 17.9. The maximum atomic E-state index is 12.6. The lowest BCUT2D eigenvalue weighted by Gasteiger charge is -2.10. The minimum Gasteiger partial charge on any atom is -0.497 e. The summed E-state index contributed by atoms with van der Waals surface area (Å²) in [6.07, 6.45) is 3.90. The molecule has 2 aromatic heterocycles. The zero-order valence-corrected chi connectivity index (χ0v) is 14.2. The van der Waals surface area contributed by atoms with Gasteiger partial charge in [0.25, 0.3) is 5.91 Å². The van der Waals surface area contributed by atoms with Gasteiger partial charge in [-0.2, -0.15) is 0 Å². The number of hydrogen-bond donors (Lipinski definition) is 1. The smallest absolute Gasteiger partial charge is 0.255 e. The molecule has 0 fully saturated rings. The van der Waals surface area contributed by atoms with Crippen LogP contribution >= 0.6 is 0 Å². The summed E-state index contributed by atoms with van der Waals surface area (Å²) in [4.78, 5) is 17.2. The van der Waals surface area contributed by atoms with Gasteiger partial charge in [-0.05, 0) is 42.5 Å². The molecular weight excluding hydrogens is 326 g/mol. The molecule has 4 rings (SSSR count). The van der Waals surface area contributed by atoms with Crippen LogP contribution in [-0.4, -0.2) is 22.4 Å². The Balaban J connectivity index is 1.66. The van der Waals surface area contributed by atoms with E-state index in [2.05, 4.69) is 10.3 Å². The first kappa shape index (κ1) is 15.9. The number of carbonyl (C=O) groups is 1. The van der Waals surface area contributed by atoms with Crippen LogP contribution in [0.2, 0.25) is 0 Å². The van der Waals surface area contributed by atoms with Crippen molar-refractivity contribution >= 4 is 17.2 Å². The average Bonchev–Trinajstić information content (AvgIpc) is 3.12. The molecular formula is C21H17N3O2. The summed E-state index contributed by atoms with van der Waals surface area (Å²) < 4.78 is 7.09. The van der Waals surface area contributed by atoms with Gasteiger partial charge >= 0.3 is 0 Å². The SMILES string of the molecule is COc1ccc(C(=O)Nc2ccccc2-c2cn3ccccc3n2)cc1. The second-order valence-electron chi connectivity index (χ2n) is 5.82. The van der Waals surface area contributed by atoms with Crippen LogP contribution < -0.4 is 10.1 Å². The average molecular weight is 343 g/mol. The summed E-state index contributed by atoms with van der Waals surface area (Å²) >= 11 is 0. The van der Waals surface area contributed by atoms with Crippen LogP contribution in [0.15, 0.2) is 79.1 Å². The fraction of sp³-hybridized carbons (Fsp3) is 0.0476. The van der Waals surface area contributed by atoms with Crippen LogP contribution in [0.4, 0.5) is 5.69 Å². The Morgan fingerprint density at radius 3 is 2.54 bits per heavy atom. The number of pyridine rings is 1. The Hall–Kier alpha value is -3.60. The largest absolute Gasteiger partial charge is 0.497 e. The number of rotatable bonds is 4. The van der Waals surface area contributed by atoms with Crippen molar-refractivity contribution in [3.63, 3.8) is 0 Å². The second-order valence-corrected chi connectivity index (χ2v) is 5.82. The Labute approximate surface area is 150 Å². The lowest BCUT2D eigenvalue weighted by Crippen LogP contribution is -2.12. The van der Waals surface area contributed by atoms with E-state index in [4.69, 9.17) is 4.74 Å². The fourth-order valence-electron chi connectivity index (χ4n) is 2.82. The van der Waals surface area contributed by atoms with Crippen molar-refractivity contribution in [1.29, 1.82) is 0 Å². The van der Waals surface area contributed by atoms with Crippen molar-refractivity contribution in [1.82, 2.24) is 9.38 Å². The molecule has 0 aliphatic rings. The van der Waals surface area contributed by atoms with Gasteiger partial charge < -0.3 is 14.5 Å². The molecule has 4 aromatic rings. The van der Waals surface area contributed by atoms with Crippen molar-refractivity contribution in [2.45, 2.75) is 0 Å². The number of nitrogens with one attached hydrogen (secondary N) is 1. The summed E-state index contributed by atoms with van der Waals surface area (Å²) in [6.45, 7) is 0. The van der Waals surface area contributed by atoms with E-state index in [-0.39, 0.29) is 5.91 Å². The molecule has 0 atom stereocenters. The Morgan fingerprint density at radius 2 is 1.77 bits per heavy atom. The number of benzene rings is 2. The number of methoxy groups -OCH3 is 1. The number of anilines is 1. The monoisotopic (exact) mass is 343 g/mol. The number of amides is 1. The molecule has 2 heterocycles. The van der Waals surface area contributed by atoms with Crippen molar-refractivity contribution < 1.29 is 9.53 Å². The van der Waals surface area contributed by atoms with E-state index >= 15 is 0 Å². The van der Waals surface area contributed by atoms with Crippen LogP contribution in [0.5, 0.6) is 5.75 Å². The van der Waals surface area contributed by atoms with E-state index in [9.17, 15) is 4.79 Å². The van der Waals surface area contributed by atoms with Crippen molar-refractivity contribution in [3.05, 3.63) is 84.7 Å². The number of ether oxygens (including phenoxy) is 1. The predicted octanol–water partition coefficient (Wildman–Crippen LogP) is 4.26. The molecule has 5 nitrogen and oxygen atoms in total. The molecule has 2 aromatic carbocycles. The number of nitrogens with zero attached hydrogens (tertiary/aromatic N) is 2. The molecule has 128 valence electrons. The second kappa shape index (κ2) is 6.72. The highest BCUT2D eigenvalue weighted by Gasteiger charge is 2.12. The third-order valence-corrected chi connectivity index (χ3v) is 4.17. The molecule has 0 saturated heterocycles. The highest BCUT2D eigenvalue weighted by Crippen LogP contribution is 2.28. The number of imidazole rings is 1. The third kappa shape index (κ3) is 3.02. The Kier molecular flexibility index (Phi) is 4.11. The molecule has 0 aliphatic carbocycles. The van der Waals surface area contributed by atoms with Crippen LogP contribution in [0.25, 0.3) is 16.9 Å². The number of aromatic nitrogens is 2. The van der Waals surface area contributed by atoms with Gasteiger partial charge in [0, 0.05) is 23.5 Å². The van der Waals surface area contributed by atoms with Crippen LogP contribution in [0.3, 0.4) is 0 Å². The standard InChI is InChI=1S/C21H17N3O2/c1-26-16-11-9-15(10-12-16)21(25)23-18-7-3-2-6-17(18)19-14-24-13-5-4-8-20(24)22-19/h2-14H,1H3,(H,23,25). The molecule has 1 N–H and O–H groups in total. The fourth-order valence-corrected chi connectivity index (χ4v) is 2.82. The summed E-state index contributed by atoms with van der Waals surface area (Å²) in [5, 5.41) is 2.98. The first-order chi connectivity index (χ1) is 12.7. The molecule has 0 bridgehead atoms. The van der Waals surface area contributed by atoms with Gasteiger partial charge in [0.05, 0.1) is 18.5 Å². The van der Waals surface area contributed by atoms with E-state index in [1.807, 2.05) is 59.3 Å². The Bertz CT molecular complexity index is 1040. The van der Waals surface area contributed by atoms with E-state index in [1.165, 1.54) is 0 Å².